The topological polar surface area (TPSA) is 80.3 Å². The van der Waals surface area contributed by atoms with E-state index in [0.717, 1.165) is 0 Å². The van der Waals surface area contributed by atoms with Gasteiger partial charge in [-0.2, -0.15) is 0 Å². The average Bonchev–Trinajstić information content (AvgIpc) is 3.21. The van der Waals surface area contributed by atoms with Gasteiger partial charge in [0, 0.05) is 21.5 Å². The fraction of sp³-hybridized carbons (Fsp3) is 0.769. The second-order valence-electron chi connectivity index (χ2n) is 17.2. The number of unbranched alkanes of at least 4 members (excludes halogenated alkanes) is 30. The summed E-state index contributed by atoms with van der Waals surface area (Å²) in [6.45, 7) is 4.60. The van der Waals surface area contributed by atoms with Crippen LogP contribution in [0.4, 0.5) is 0 Å². The molecule has 0 fully saturated rings. The van der Waals surface area contributed by atoms with Crippen molar-refractivity contribution in [3.8, 4) is 0 Å². The van der Waals surface area contributed by atoms with Crippen LogP contribution in [0.15, 0.2) is 60.7 Å². The van der Waals surface area contributed by atoms with Crippen LogP contribution in [0.2, 0.25) is 0 Å². The van der Waals surface area contributed by atoms with Crippen LogP contribution in [0, 0.1) is 0 Å². The molecule has 0 aliphatic carbocycles. The van der Waals surface area contributed by atoms with Crippen molar-refractivity contribution in [3.63, 3.8) is 0 Å². The molecule has 7 heteroatoms. The number of hydrogen-bond donors (Lipinski definition) is 0. The first kappa shape index (κ1) is 58.0. The summed E-state index contributed by atoms with van der Waals surface area (Å²) in [6.07, 6.45) is 51.6. The van der Waals surface area contributed by atoms with Crippen LogP contribution in [-0.4, -0.2) is 41.5 Å². The monoisotopic (exact) mass is 879 g/mol. The molecule has 0 radical (unpaired) electrons. The Kier molecular flexibility index (Phi) is 44.3. The van der Waals surface area contributed by atoms with Crippen molar-refractivity contribution in [2.24, 2.45) is 0 Å². The minimum atomic E-state index is -5.17. The Morgan fingerprint density at radius 1 is 0.356 bits per heavy atom. The van der Waals surface area contributed by atoms with E-state index in [1.54, 1.807) is 0 Å². The van der Waals surface area contributed by atoms with Gasteiger partial charge in [-0.15, -0.1) is 0 Å². The molecule has 2 aromatic rings. The van der Waals surface area contributed by atoms with Gasteiger partial charge in [0.1, 0.15) is 23.0 Å². The third-order valence-electron chi connectivity index (χ3n) is 11.2. The van der Waals surface area contributed by atoms with E-state index in [2.05, 4.69) is 87.0 Å². The highest BCUT2D eigenvalue weighted by atomic mass is 32.3. The van der Waals surface area contributed by atoms with Crippen LogP contribution >= 0.6 is 0 Å². The molecule has 2 unspecified atom stereocenters. The van der Waals surface area contributed by atoms with E-state index in [1.165, 1.54) is 240 Å². The standard InChI is InChI=1S/2C26H47S.H2O4S/c2*1-3-4-5-6-7-8-9-10-11-12-13-14-15-16-17-21-24-27(2)25-26-22-19-18-20-23-26;1-5(2,3)4/h2*18-20,22-23H,3-17,21,24-25H2,1-2H3;(H2,1,2,3,4)/q2*+1;/p-2. The normalized spacial score (nSPS) is 12.3. The lowest BCUT2D eigenvalue weighted by Crippen LogP contribution is -2.08. The van der Waals surface area contributed by atoms with Crippen molar-refractivity contribution in [1.29, 1.82) is 0 Å². The molecular weight excluding hydrogens is 785 g/mol. The fourth-order valence-corrected chi connectivity index (χ4v) is 10.9. The zero-order chi connectivity index (χ0) is 43.3. The Balaban J connectivity index is 0.00000102. The number of rotatable bonds is 38. The lowest BCUT2D eigenvalue weighted by atomic mass is 10.0. The molecule has 0 saturated carbocycles. The fourth-order valence-electron chi connectivity index (χ4n) is 7.65. The molecule has 2 aromatic carbocycles. The van der Waals surface area contributed by atoms with Crippen LogP contribution in [0.3, 0.4) is 0 Å². The smallest absolute Gasteiger partial charge is 0.132 e. The van der Waals surface area contributed by atoms with Crippen LogP contribution in [0.1, 0.15) is 230 Å². The van der Waals surface area contributed by atoms with Gasteiger partial charge in [0.25, 0.3) is 0 Å². The highest BCUT2D eigenvalue weighted by molar-refractivity contribution is 7.95. The summed E-state index contributed by atoms with van der Waals surface area (Å²) in [7, 11) is -4.04. The summed E-state index contributed by atoms with van der Waals surface area (Å²) in [4.78, 5) is 0. The van der Waals surface area contributed by atoms with Gasteiger partial charge in [-0.25, -0.2) is 0 Å². The number of benzene rings is 2. The molecule has 0 aliphatic rings. The summed E-state index contributed by atoms with van der Waals surface area (Å²) < 4.78 is 34.1. The van der Waals surface area contributed by atoms with Gasteiger partial charge >= 0.3 is 0 Å². The first-order valence-electron chi connectivity index (χ1n) is 24.6. The molecule has 2 atom stereocenters. The first-order chi connectivity index (χ1) is 28.7. The first-order valence-corrected chi connectivity index (χ1v) is 29.9. The molecule has 59 heavy (non-hydrogen) atoms. The van der Waals surface area contributed by atoms with E-state index < -0.39 is 10.4 Å². The third kappa shape index (κ3) is 49.5. The molecular formula is C52H94O4S3. The van der Waals surface area contributed by atoms with Crippen molar-refractivity contribution in [1.82, 2.24) is 0 Å². The van der Waals surface area contributed by atoms with E-state index in [1.807, 2.05) is 0 Å². The predicted octanol–water partition coefficient (Wildman–Crippen LogP) is 16.1. The molecule has 4 nitrogen and oxygen atoms in total. The summed E-state index contributed by atoms with van der Waals surface area (Å²) in [5.41, 5.74) is 3.03. The Bertz CT molecular complexity index is 1110. The minimum absolute atomic E-state index is 0.562. The van der Waals surface area contributed by atoms with Gasteiger partial charge in [0.15, 0.2) is 0 Å². The van der Waals surface area contributed by atoms with Crippen LogP contribution in [0.25, 0.3) is 0 Å². The van der Waals surface area contributed by atoms with Crippen LogP contribution < -0.4 is 0 Å². The van der Waals surface area contributed by atoms with E-state index in [4.69, 9.17) is 17.5 Å². The molecule has 0 N–H and O–H groups in total. The van der Waals surface area contributed by atoms with E-state index >= 15 is 0 Å². The average molecular weight is 880 g/mol. The van der Waals surface area contributed by atoms with Crippen LogP contribution in [0.5, 0.6) is 0 Å². The van der Waals surface area contributed by atoms with Gasteiger partial charge in [-0.3, -0.25) is 8.42 Å². The van der Waals surface area contributed by atoms with Crippen molar-refractivity contribution in [2.45, 2.75) is 231 Å². The van der Waals surface area contributed by atoms with Gasteiger partial charge in [-0.1, -0.05) is 254 Å². The molecule has 0 amide bonds. The largest absolute Gasteiger partial charge is 0.759 e. The van der Waals surface area contributed by atoms with Crippen molar-refractivity contribution < 1.29 is 17.5 Å². The van der Waals surface area contributed by atoms with Crippen molar-refractivity contribution in [3.05, 3.63) is 71.8 Å². The van der Waals surface area contributed by atoms with Gasteiger partial charge in [0.05, 0.1) is 12.5 Å². The van der Waals surface area contributed by atoms with E-state index in [0.29, 0.717) is 21.8 Å². The van der Waals surface area contributed by atoms with Gasteiger partial charge in [0.2, 0.25) is 0 Å². The van der Waals surface area contributed by atoms with E-state index in [9.17, 15) is 0 Å². The summed E-state index contributed by atoms with van der Waals surface area (Å²) in [5, 5.41) is 0. The maximum Gasteiger partial charge on any atom is 0.132 e. The quantitative estimate of drug-likeness (QED) is 0.0291. The van der Waals surface area contributed by atoms with Crippen molar-refractivity contribution >= 4 is 32.2 Å². The maximum atomic E-state index is 8.52. The zero-order valence-electron chi connectivity index (χ0n) is 39.1. The Hall–Kier alpha value is -0.990. The Labute approximate surface area is 374 Å². The molecule has 0 aliphatic heterocycles. The number of hydrogen-bond acceptors (Lipinski definition) is 4. The van der Waals surface area contributed by atoms with E-state index in [-0.39, 0.29) is 0 Å². The summed E-state index contributed by atoms with van der Waals surface area (Å²) in [6, 6.07) is 22.0. The SMILES string of the molecule is CCCCCCCCCCCCCCCCCC[S+](C)Cc1ccccc1.CCCCCCCCCCCCCCCCCC[S+](C)Cc1ccccc1.O=S(=O)([O-])[O-]. The minimum Gasteiger partial charge on any atom is -0.759 e. The third-order valence-corrected chi connectivity index (χ3v) is 14.8. The molecule has 0 heterocycles. The zero-order valence-corrected chi connectivity index (χ0v) is 41.5. The highest BCUT2D eigenvalue weighted by Gasteiger charge is 2.12. The second kappa shape index (κ2) is 45.0. The highest BCUT2D eigenvalue weighted by Crippen LogP contribution is 2.17. The summed E-state index contributed by atoms with van der Waals surface area (Å²) >= 11 is 0. The maximum absolute atomic E-state index is 8.52. The van der Waals surface area contributed by atoms with Gasteiger partial charge in [-0.05, 0) is 47.5 Å². The lowest BCUT2D eigenvalue weighted by molar-refractivity contribution is 0.352. The molecule has 0 spiro atoms. The van der Waals surface area contributed by atoms with Gasteiger partial charge < -0.3 is 9.11 Å². The predicted molar refractivity (Wildman–Crippen MR) is 266 cm³/mol. The molecule has 2 rings (SSSR count). The second-order valence-corrected chi connectivity index (χ2v) is 22.6. The molecule has 0 bridgehead atoms. The van der Waals surface area contributed by atoms with Crippen molar-refractivity contribution in [2.75, 3.05) is 24.0 Å². The summed E-state index contributed by atoms with van der Waals surface area (Å²) in [5.74, 6) is 5.40. The molecule has 344 valence electrons. The molecule has 0 saturated heterocycles. The Morgan fingerprint density at radius 3 is 0.746 bits per heavy atom. The Morgan fingerprint density at radius 2 is 0.542 bits per heavy atom. The lowest BCUT2D eigenvalue weighted by Gasteiger charge is -2.06. The molecule has 0 aromatic heterocycles. The van der Waals surface area contributed by atoms with Crippen LogP contribution in [-0.2, 0) is 43.7 Å².